The molecule has 1 fully saturated rings. The van der Waals surface area contributed by atoms with E-state index in [1.807, 2.05) is 13.0 Å². The van der Waals surface area contributed by atoms with Gasteiger partial charge in [0, 0.05) is 6.07 Å². The second-order valence-corrected chi connectivity index (χ2v) is 6.67. The monoisotopic (exact) mass is 305 g/mol. The van der Waals surface area contributed by atoms with E-state index in [-0.39, 0.29) is 0 Å². The van der Waals surface area contributed by atoms with Crippen LogP contribution in [0.3, 0.4) is 0 Å². The van der Waals surface area contributed by atoms with E-state index in [2.05, 4.69) is 51.5 Å². The number of aryl methyl sites for hydroxylation is 1. The minimum Gasteiger partial charge on any atom is -0.292 e. The number of aromatic nitrogens is 2. The third-order valence-corrected chi connectivity index (χ3v) is 5.05. The number of piperidine rings is 1. The van der Waals surface area contributed by atoms with E-state index in [9.17, 15) is 5.26 Å². The van der Waals surface area contributed by atoms with Crippen LogP contribution >= 0.6 is 0 Å². The largest absolute Gasteiger partial charge is 0.292 e. The summed E-state index contributed by atoms with van der Waals surface area (Å²) in [6, 6.07) is 12.8. The third-order valence-electron chi connectivity index (χ3n) is 5.05. The SMILES string of the molecule is Cc1cc(N2CCC(C)CC2)[n+]2c([nH]c3ccccc32)c1C#N. The first-order valence-electron chi connectivity index (χ1n) is 8.30. The highest BCUT2D eigenvalue weighted by molar-refractivity contribution is 5.77. The Kier molecular flexibility index (Phi) is 3.23. The number of aromatic amines is 1. The maximum atomic E-state index is 9.58. The standard InChI is InChI=1S/C19H20N4/c1-13-7-9-22(10-8-13)18-11-14(2)15(12-20)19-21-16-5-3-4-6-17(16)23(18)19/h3-6,11,13H,7-10H2,1-2H3/p+1. The molecule has 4 rings (SSSR count). The van der Waals surface area contributed by atoms with Crippen LogP contribution in [0, 0.1) is 24.2 Å². The number of pyridine rings is 1. The lowest BCUT2D eigenvalue weighted by Crippen LogP contribution is -2.40. The lowest BCUT2D eigenvalue weighted by molar-refractivity contribution is -0.467. The van der Waals surface area contributed by atoms with Gasteiger partial charge in [0.15, 0.2) is 0 Å². The fourth-order valence-electron chi connectivity index (χ4n) is 3.62. The van der Waals surface area contributed by atoms with Gasteiger partial charge in [-0.05, 0) is 43.4 Å². The Morgan fingerprint density at radius 2 is 2.00 bits per heavy atom. The molecule has 0 saturated carbocycles. The lowest BCUT2D eigenvalue weighted by atomic mass is 9.99. The molecule has 1 aromatic carbocycles. The molecule has 4 heteroatoms. The van der Waals surface area contributed by atoms with Gasteiger partial charge in [-0.15, -0.1) is 0 Å². The molecule has 3 aromatic rings. The lowest BCUT2D eigenvalue weighted by Gasteiger charge is -2.28. The van der Waals surface area contributed by atoms with Crippen molar-refractivity contribution in [1.82, 2.24) is 4.98 Å². The first-order valence-corrected chi connectivity index (χ1v) is 8.30. The third kappa shape index (κ3) is 2.16. The van der Waals surface area contributed by atoms with Crippen LogP contribution in [-0.2, 0) is 0 Å². The molecule has 1 aliphatic heterocycles. The van der Waals surface area contributed by atoms with Crippen molar-refractivity contribution in [2.24, 2.45) is 5.92 Å². The summed E-state index contributed by atoms with van der Waals surface area (Å²) in [5.74, 6) is 2.00. The quantitative estimate of drug-likeness (QED) is 0.701. The topological polar surface area (TPSA) is 46.9 Å². The number of H-pyrrole nitrogens is 1. The number of nitrogens with zero attached hydrogens (tertiary/aromatic N) is 3. The van der Waals surface area contributed by atoms with Crippen LogP contribution in [0.1, 0.15) is 30.9 Å². The van der Waals surface area contributed by atoms with Gasteiger partial charge in [0.05, 0.1) is 13.1 Å². The van der Waals surface area contributed by atoms with Crippen molar-refractivity contribution >= 4 is 22.5 Å². The maximum absolute atomic E-state index is 9.58. The summed E-state index contributed by atoms with van der Waals surface area (Å²) in [6.45, 7) is 6.51. The minimum absolute atomic E-state index is 0.732. The molecule has 0 atom stereocenters. The predicted octanol–water partition coefficient (Wildman–Crippen LogP) is 3.32. The van der Waals surface area contributed by atoms with E-state index < -0.39 is 0 Å². The summed E-state index contributed by atoms with van der Waals surface area (Å²) in [5, 5.41) is 9.58. The minimum atomic E-state index is 0.732. The molecule has 1 saturated heterocycles. The molecule has 0 aliphatic carbocycles. The fraction of sp³-hybridized carbons (Fsp3) is 0.368. The van der Waals surface area contributed by atoms with Crippen LogP contribution in [-0.4, -0.2) is 18.1 Å². The molecular formula is C19H21N4+. The molecule has 0 bridgehead atoms. The van der Waals surface area contributed by atoms with Crippen molar-refractivity contribution in [1.29, 1.82) is 5.26 Å². The van der Waals surface area contributed by atoms with Gasteiger partial charge in [-0.1, -0.05) is 19.1 Å². The van der Waals surface area contributed by atoms with Crippen LogP contribution in [0.5, 0.6) is 0 Å². The van der Waals surface area contributed by atoms with E-state index in [1.165, 1.54) is 18.7 Å². The number of imidazole rings is 1. The average molecular weight is 305 g/mol. The van der Waals surface area contributed by atoms with Gasteiger partial charge in [0.2, 0.25) is 11.5 Å². The van der Waals surface area contributed by atoms with Gasteiger partial charge in [-0.3, -0.25) is 9.88 Å². The highest BCUT2D eigenvalue weighted by Crippen LogP contribution is 2.25. The van der Waals surface area contributed by atoms with E-state index in [4.69, 9.17) is 0 Å². The highest BCUT2D eigenvalue weighted by Gasteiger charge is 2.27. The van der Waals surface area contributed by atoms with Gasteiger partial charge < -0.3 is 0 Å². The summed E-state index contributed by atoms with van der Waals surface area (Å²) in [4.78, 5) is 5.90. The number of nitrogens with one attached hydrogen (secondary N) is 1. The van der Waals surface area contributed by atoms with Gasteiger partial charge in [-0.25, -0.2) is 0 Å². The molecule has 0 spiro atoms. The van der Waals surface area contributed by atoms with Gasteiger partial charge >= 0.3 is 0 Å². The summed E-state index contributed by atoms with van der Waals surface area (Å²) in [5.41, 5.74) is 4.87. The molecule has 0 unspecified atom stereocenters. The van der Waals surface area contributed by atoms with Crippen LogP contribution in [0.25, 0.3) is 16.7 Å². The number of para-hydroxylation sites is 2. The Labute approximate surface area is 136 Å². The second-order valence-electron chi connectivity index (χ2n) is 6.67. The molecular weight excluding hydrogens is 284 g/mol. The van der Waals surface area contributed by atoms with Gasteiger partial charge in [0.1, 0.15) is 22.7 Å². The smallest absolute Gasteiger partial charge is 0.250 e. The maximum Gasteiger partial charge on any atom is 0.250 e. The molecule has 4 nitrogen and oxygen atoms in total. The zero-order valence-corrected chi connectivity index (χ0v) is 13.6. The average Bonchev–Trinajstić information content (AvgIpc) is 2.94. The molecule has 23 heavy (non-hydrogen) atoms. The number of hydrogen-bond acceptors (Lipinski definition) is 2. The van der Waals surface area contributed by atoms with Crippen LogP contribution < -0.4 is 9.30 Å². The summed E-state index contributed by atoms with van der Waals surface area (Å²) < 4.78 is 2.22. The normalized spacial score (nSPS) is 16.1. The van der Waals surface area contributed by atoms with Gasteiger partial charge in [0.25, 0.3) is 0 Å². The molecule has 1 N–H and O–H groups in total. The Hall–Kier alpha value is -2.54. The van der Waals surface area contributed by atoms with E-state index >= 15 is 0 Å². The van der Waals surface area contributed by atoms with Crippen LogP contribution in [0.4, 0.5) is 5.82 Å². The number of hydrogen-bond donors (Lipinski definition) is 1. The zero-order chi connectivity index (χ0) is 16.0. The van der Waals surface area contributed by atoms with Gasteiger partial charge in [-0.2, -0.15) is 9.66 Å². The predicted molar refractivity (Wildman–Crippen MR) is 91.5 cm³/mol. The Morgan fingerprint density at radius 3 is 2.74 bits per heavy atom. The molecule has 3 heterocycles. The first-order chi connectivity index (χ1) is 11.2. The molecule has 116 valence electrons. The zero-order valence-electron chi connectivity index (χ0n) is 13.6. The van der Waals surface area contributed by atoms with Crippen LogP contribution in [0.2, 0.25) is 0 Å². The van der Waals surface area contributed by atoms with Crippen molar-refractivity contribution in [3.63, 3.8) is 0 Å². The molecule has 1 aliphatic rings. The second kappa shape index (κ2) is 5.27. The summed E-state index contributed by atoms with van der Waals surface area (Å²) in [6.07, 6.45) is 2.45. The van der Waals surface area contributed by atoms with Crippen molar-refractivity contribution < 1.29 is 4.40 Å². The number of fused-ring (bicyclic) bond motifs is 3. The van der Waals surface area contributed by atoms with Crippen molar-refractivity contribution in [3.8, 4) is 6.07 Å². The number of benzene rings is 1. The Balaban J connectivity index is 2.02. The number of nitriles is 1. The Bertz CT molecular complexity index is 924. The van der Waals surface area contributed by atoms with E-state index in [1.54, 1.807) is 0 Å². The van der Waals surface area contributed by atoms with E-state index in [0.717, 1.165) is 46.8 Å². The summed E-state index contributed by atoms with van der Waals surface area (Å²) in [7, 11) is 0. The van der Waals surface area contributed by atoms with E-state index in [0.29, 0.717) is 0 Å². The molecule has 0 radical (unpaired) electrons. The first kappa shape index (κ1) is 14.1. The van der Waals surface area contributed by atoms with Crippen molar-refractivity contribution in [3.05, 3.63) is 41.5 Å². The highest BCUT2D eigenvalue weighted by atomic mass is 15.2. The summed E-state index contributed by atoms with van der Waals surface area (Å²) >= 11 is 0. The molecule has 2 aromatic heterocycles. The van der Waals surface area contributed by atoms with Crippen molar-refractivity contribution in [2.45, 2.75) is 26.7 Å². The number of anilines is 1. The van der Waals surface area contributed by atoms with Crippen LogP contribution in [0.15, 0.2) is 30.3 Å². The fourth-order valence-corrected chi connectivity index (χ4v) is 3.62. The Morgan fingerprint density at radius 1 is 1.26 bits per heavy atom. The number of rotatable bonds is 1. The molecule has 0 amide bonds. The van der Waals surface area contributed by atoms with Crippen molar-refractivity contribution in [2.75, 3.05) is 18.0 Å².